The molecule has 0 aliphatic carbocycles. The molecule has 3 rings (SSSR count). The fourth-order valence-corrected chi connectivity index (χ4v) is 73.7. The van der Waals surface area contributed by atoms with E-state index in [4.69, 9.17) is 89.0 Å². The molecule has 12 heteroatoms. The Bertz CT molecular complexity index is 938. The van der Waals surface area contributed by atoms with Gasteiger partial charge in [-0.05, 0) is 0 Å². The Labute approximate surface area is 255 Å². The Morgan fingerprint density at radius 2 is 0.667 bits per heavy atom. The Hall–Kier alpha value is 1.89. The number of alkyl halides is 6. The summed E-state index contributed by atoms with van der Waals surface area (Å²) in [4.78, 5) is -1.96. The van der Waals surface area contributed by atoms with Crippen molar-refractivity contribution < 1.29 is 10.2 Å². The zero-order valence-corrected chi connectivity index (χ0v) is 29.2. The zero-order chi connectivity index (χ0) is 26.4. The number of halogens is 8. The normalized spacial score (nSPS) is 16.0. The summed E-state index contributed by atoms with van der Waals surface area (Å²) in [5, 5.41) is 3.17. The predicted molar refractivity (Wildman–Crippen MR) is 172 cm³/mol. The summed E-state index contributed by atoms with van der Waals surface area (Å²) in [6, 6.07) is 30.3. The van der Waals surface area contributed by atoms with E-state index in [1.165, 1.54) is 0 Å². The molecule has 0 heterocycles. The van der Waals surface area contributed by atoms with Gasteiger partial charge in [0.15, 0.2) is 0 Å². The van der Waals surface area contributed by atoms with Gasteiger partial charge in [0.1, 0.15) is 0 Å². The van der Waals surface area contributed by atoms with E-state index in [-0.39, 0.29) is 0 Å². The van der Waals surface area contributed by atoms with Crippen LogP contribution in [0.4, 0.5) is 0 Å². The summed E-state index contributed by atoms with van der Waals surface area (Å²) in [5.74, 6) is 0. The topological polar surface area (TPSA) is 0 Å². The van der Waals surface area contributed by atoms with Crippen molar-refractivity contribution in [3.63, 3.8) is 0 Å². The predicted octanol–water partition coefficient (Wildman–Crippen LogP) is 10.6. The molecule has 3 atom stereocenters. The first-order valence-corrected chi connectivity index (χ1v) is 28.9. The molecular formula is C24H24Cl8P3Ru. The molecule has 0 aliphatic heterocycles. The first-order chi connectivity index (χ1) is 17.0. The van der Waals surface area contributed by atoms with E-state index in [0.717, 1.165) is 15.9 Å². The summed E-state index contributed by atoms with van der Waals surface area (Å²) in [6.45, 7) is 0. The molecule has 0 aromatic heterocycles. The van der Waals surface area contributed by atoms with E-state index >= 15 is 0 Å². The minimum atomic E-state index is -4.71. The standard InChI is InChI=1S/3C8H8Cl2P.2ClH.Ru/c3*9-8(10)6-11-7-4-2-1-3-5-7;;;/h3*1-5,8H,6H2;2*1H;/q3*-1;;;+5/p-2. The molecule has 0 N–H and O–H groups in total. The Morgan fingerprint density at radius 1 is 0.444 bits per heavy atom. The van der Waals surface area contributed by atoms with Gasteiger partial charge in [-0.1, -0.05) is 0 Å². The summed E-state index contributed by atoms with van der Waals surface area (Å²) >= 11 is 39.0. The van der Waals surface area contributed by atoms with Gasteiger partial charge in [0.2, 0.25) is 0 Å². The van der Waals surface area contributed by atoms with Crippen LogP contribution >= 0.6 is 108 Å². The van der Waals surface area contributed by atoms with Crippen LogP contribution in [0.25, 0.3) is 0 Å². The van der Waals surface area contributed by atoms with Crippen LogP contribution in [0.5, 0.6) is 0 Å². The van der Waals surface area contributed by atoms with Crippen LogP contribution < -0.4 is 15.9 Å². The van der Waals surface area contributed by atoms with Gasteiger partial charge in [0, 0.05) is 0 Å². The van der Waals surface area contributed by atoms with Crippen molar-refractivity contribution in [3.05, 3.63) is 91.0 Å². The molecule has 3 unspecified atom stereocenters. The second-order valence-electron chi connectivity index (χ2n) is 7.40. The van der Waals surface area contributed by atoms with Crippen molar-refractivity contribution in [2.75, 3.05) is 18.5 Å². The van der Waals surface area contributed by atoms with E-state index in [9.17, 15) is 0 Å². The summed E-state index contributed by atoms with van der Waals surface area (Å²) in [6.07, 6.45) is -2.39. The summed E-state index contributed by atoms with van der Waals surface area (Å²) in [7, 11) is 11.9. The number of benzene rings is 3. The van der Waals surface area contributed by atoms with Crippen LogP contribution in [0.1, 0.15) is 0 Å². The van der Waals surface area contributed by atoms with Crippen molar-refractivity contribution in [2.24, 2.45) is 0 Å². The fourth-order valence-electron chi connectivity index (χ4n) is 3.51. The van der Waals surface area contributed by atoms with Gasteiger partial charge in [-0.2, -0.15) is 0 Å². The van der Waals surface area contributed by atoms with Crippen LogP contribution in [0, 0.1) is 0 Å². The van der Waals surface area contributed by atoms with Crippen molar-refractivity contribution >= 4 is 124 Å². The molecular weight excluding hydrogens is 766 g/mol. The van der Waals surface area contributed by atoms with Gasteiger partial charge in [0.05, 0.1) is 0 Å². The van der Waals surface area contributed by atoms with Gasteiger partial charge in [-0.15, -0.1) is 0 Å². The second kappa shape index (κ2) is 14.7. The van der Waals surface area contributed by atoms with Crippen LogP contribution in [-0.2, 0) is 10.2 Å². The Morgan fingerprint density at radius 3 is 0.861 bits per heavy atom. The maximum atomic E-state index is 8.31. The Kier molecular flexibility index (Phi) is 13.2. The van der Waals surface area contributed by atoms with Gasteiger partial charge in [-0.3, -0.25) is 0 Å². The minimum absolute atomic E-state index is 0.447. The van der Waals surface area contributed by atoms with Crippen molar-refractivity contribution in [2.45, 2.75) is 14.5 Å². The van der Waals surface area contributed by atoms with E-state index in [1.807, 2.05) is 54.6 Å². The monoisotopic (exact) mass is 787 g/mol. The van der Waals surface area contributed by atoms with E-state index in [1.54, 1.807) is 0 Å². The summed E-state index contributed by atoms with van der Waals surface area (Å²) in [5.41, 5.74) is 0. The molecule has 0 radical (unpaired) electrons. The molecule has 0 fully saturated rings. The molecule has 0 amide bonds. The SMILES string of the molecule is ClC(Cl)C[P](c1ccccc1)[Ru]([Cl])([Cl])([P](CC(Cl)Cl)c1ccccc1)[P](CC(Cl)Cl)c1ccccc1. The molecule has 3 aromatic carbocycles. The molecule has 0 spiro atoms. The first kappa shape index (κ1) is 32.4. The Balaban J connectivity index is 2.43. The summed E-state index contributed by atoms with van der Waals surface area (Å²) < 4.78 is 0. The van der Waals surface area contributed by atoms with E-state index in [0.29, 0.717) is 18.5 Å². The van der Waals surface area contributed by atoms with Gasteiger partial charge < -0.3 is 0 Å². The number of hydrogen-bond donors (Lipinski definition) is 0. The van der Waals surface area contributed by atoms with Crippen molar-refractivity contribution in [1.82, 2.24) is 0 Å². The molecule has 199 valence electrons. The van der Waals surface area contributed by atoms with E-state index < -0.39 is 43.4 Å². The number of hydrogen-bond acceptors (Lipinski definition) is 0. The maximum absolute atomic E-state index is 8.31. The molecule has 0 aliphatic rings. The van der Waals surface area contributed by atoms with Gasteiger partial charge >= 0.3 is 258 Å². The molecule has 0 saturated carbocycles. The average molecular weight is 790 g/mol. The number of rotatable bonds is 12. The van der Waals surface area contributed by atoms with Crippen LogP contribution in [-0.4, -0.2) is 33.0 Å². The van der Waals surface area contributed by atoms with Crippen LogP contribution in [0.3, 0.4) is 0 Å². The third-order valence-electron chi connectivity index (χ3n) is 4.92. The van der Waals surface area contributed by atoms with Crippen molar-refractivity contribution in [3.8, 4) is 0 Å². The van der Waals surface area contributed by atoms with Gasteiger partial charge in [-0.25, -0.2) is 0 Å². The fraction of sp³-hybridized carbons (Fsp3) is 0.250. The molecule has 0 bridgehead atoms. The third kappa shape index (κ3) is 8.00. The zero-order valence-electron chi connectivity index (χ0n) is 18.7. The van der Waals surface area contributed by atoms with Crippen LogP contribution in [0.2, 0.25) is 0 Å². The second-order valence-corrected chi connectivity index (χ2v) is 56.9. The molecule has 0 nitrogen and oxygen atoms in total. The quantitative estimate of drug-likeness (QED) is 0.0974. The molecule has 0 saturated heterocycles. The average Bonchev–Trinajstić information content (AvgIpc) is 2.85. The van der Waals surface area contributed by atoms with Crippen molar-refractivity contribution in [1.29, 1.82) is 0 Å². The van der Waals surface area contributed by atoms with E-state index in [2.05, 4.69) is 36.4 Å². The first-order valence-electron chi connectivity index (χ1n) is 10.6. The van der Waals surface area contributed by atoms with Crippen LogP contribution in [0.15, 0.2) is 91.0 Å². The van der Waals surface area contributed by atoms with Gasteiger partial charge in [0.25, 0.3) is 0 Å². The molecule has 3 aromatic rings. The molecule has 36 heavy (non-hydrogen) atoms. The third-order valence-corrected chi connectivity index (χ3v) is 68.0.